The number of carbonyl (C=O) groups excluding carboxylic acids is 2. The number of carbonyl (C=O) groups is 2. The van der Waals surface area contributed by atoms with Crippen molar-refractivity contribution < 1.29 is 27.2 Å². The predicted molar refractivity (Wildman–Crippen MR) is 101 cm³/mol. The molecule has 2 amide bonds. The molecule has 0 N–H and O–H groups in total. The number of amides is 2. The maximum absolute atomic E-state index is 13.9. The van der Waals surface area contributed by atoms with Gasteiger partial charge in [0, 0.05) is 37.2 Å². The summed E-state index contributed by atoms with van der Waals surface area (Å²) < 4.78 is 55.3. The first-order chi connectivity index (χ1) is 14.0. The zero-order chi connectivity index (χ0) is 22.2. The van der Waals surface area contributed by atoms with Crippen LogP contribution in [0.3, 0.4) is 0 Å². The quantitative estimate of drug-likeness (QED) is 0.672. The minimum absolute atomic E-state index is 0.0108. The molecule has 0 saturated carbocycles. The van der Waals surface area contributed by atoms with Crippen LogP contribution in [0.4, 0.5) is 17.6 Å². The van der Waals surface area contributed by atoms with E-state index in [0.717, 1.165) is 16.9 Å². The largest absolute Gasteiger partial charge is 0.433 e. The van der Waals surface area contributed by atoms with Crippen molar-refractivity contribution in [3.8, 4) is 0 Å². The molecule has 0 atom stereocenters. The molecule has 1 saturated heterocycles. The molecule has 11 heteroatoms. The summed E-state index contributed by atoms with van der Waals surface area (Å²) in [6.45, 7) is 3.20. The Labute approximate surface area is 175 Å². The summed E-state index contributed by atoms with van der Waals surface area (Å²) in [5.74, 6) is -2.13. The molecule has 1 aliphatic rings. The molecule has 0 spiro atoms. The Kier molecular flexibility index (Phi) is 6.07. The Hall–Kier alpha value is -2.62. The molecular weight excluding hydrogens is 428 g/mol. The molecule has 0 aliphatic carbocycles. The normalized spacial score (nSPS) is 15.1. The minimum atomic E-state index is -4.74. The van der Waals surface area contributed by atoms with Gasteiger partial charge in [0.1, 0.15) is 5.82 Å². The van der Waals surface area contributed by atoms with E-state index in [4.69, 9.17) is 11.6 Å². The molecule has 2 aromatic rings. The van der Waals surface area contributed by atoms with Gasteiger partial charge in [0.15, 0.2) is 5.69 Å². The third-order valence-corrected chi connectivity index (χ3v) is 5.03. The fraction of sp³-hybridized carbons (Fsp3) is 0.421. The van der Waals surface area contributed by atoms with Crippen molar-refractivity contribution in [2.45, 2.75) is 26.1 Å². The molecule has 1 aliphatic heterocycles. The molecule has 6 nitrogen and oxygen atoms in total. The standard InChI is InChI=1S/C19H19ClF4N4O2/c1-11(2)28-16(19(22,23)24)14(10-25-28)18(30)27-7-5-26(6-8-27)17(29)13-9-12(20)3-4-15(13)21/h3-4,9-11H,5-8H2,1-2H3. The van der Waals surface area contributed by atoms with Gasteiger partial charge in [-0.15, -0.1) is 0 Å². The zero-order valence-corrected chi connectivity index (χ0v) is 17.0. The van der Waals surface area contributed by atoms with Crippen molar-refractivity contribution >= 4 is 23.4 Å². The highest BCUT2D eigenvalue weighted by Gasteiger charge is 2.42. The topological polar surface area (TPSA) is 58.4 Å². The van der Waals surface area contributed by atoms with Crippen LogP contribution in [0, 0.1) is 5.82 Å². The van der Waals surface area contributed by atoms with E-state index in [-0.39, 0.29) is 36.8 Å². The highest BCUT2D eigenvalue weighted by molar-refractivity contribution is 6.31. The number of piperazine rings is 1. The fourth-order valence-corrected chi connectivity index (χ4v) is 3.48. The van der Waals surface area contributed by atoms with Crippen molar-refractivity contribution in [1.82, 2.24) is 19.6 Å². The summed E-state index contributed by atoms with van der Waals surface area (Å²) >= 11 is 5.82. The number of benzene rings is 1. The van der Waals surface area contributed by atoms with Gasteiger partial charge >= 0.3 is 6.18 Å². The van der Waals surface area contributed by atoms with E-state index in [1.54, 1.807) is 0 Å². The lowest BCUT2D eigenvalue weighted by Gasteiger charge is -2.35. The maximum atomic E-state index is 13.9. The lowest BCUT2D eigenvalue weighted by Crippen LogP contribution is -2.51. The van der Waals surface area contributed by atoms with Gasteiger partial charge in [-0.3, -0.25) is 14.3 Å². The van der Waals surface area contributed by atoms with E-state index in [1.165, 1.54) is 35.8 Å². The average Bonchev–Trinajstić information content (AvgIpc) is 3.15. The molecule has 2 heterocycles. The molecule has 0 radical (unpaired) electrons. The van der Waals surface area contributed by atoms with Crippen molar-refractivity contribution in [1.29, 1.82) is 0 Å². The van der Waals surface area contributed by atoms with Crippen LogP contribution in [0.2, 0.25) is 5.02 Å². The molecule has 1 aromatic carbocycles. The average molecular weight is 447 g/mol. The number of nitrogens with zero attached hydrogens (tertiary/aromatic N) is 4. The first-order valence-electron chi connectivity index (χ1n) is 9.19. The highest BCUT2D eigenvalue weighted by atomic mass is 35.5. The Morgan fingerprint density at radius 3 is 2.07 bits per heavy atom. The van der Waals surface area contributed by atoms with Gasteiger partial charge in [-0.1, -0.05) is 11.6 Å². The zero-order valence-electron chi connectivity index (χ0n) is 16.2. The molecule has 3 rings (SSSR count). The summed E-state index contributed by atoms with van der Waals surface area (Å²) in [6, 6.07) is 3.04. The van der Waals surface area contributed by atoms with Crippen molar-refractivity contribution in [3.63, 3.8) is 0 Å². The van der Waals surface area contributed by atoms with Crippen LogP contribution in [0.25, 0.3) is 0 Å². The SMILES string of the molecule is CC(C)n1ncc(C(=O)N2CCN(C(=O)c3cc(Cl)ccc3F)CC2)c1C(F)(F)F. The monoisotopic (exact) mass is 446 g/mol. The first-order valence-corrected chi connectivity index (χ1v) is 9.56. The van der Waals surface area contributed by atoms with E-state index in [9.17, 15) is 27.2 Å². The summed E-state index contributed by atoms with van der Waals surface area (Å²) in [4.78, 5) is 27.9. The van der Waals surface area contributed by atoms with Gasteiger partial charge in [0.25, 0.3) is 11.8 Å². The van der Waals surface area contributed by atoms with Gasteiger partial charge < -0.3 is 9.80 Å². The van der Waals surface area contributed by atoms with Crippen LogP contribution < -0.4 is 0 Å². The van der Waals surface area contributed by atoms with E-state index in [2.05, 4.69) is 5.10 Å². The lowest BCUT2D eigenvalue weighted by atomic mass is 10.1. The van der Waals surface area contributed by atoms with Gasteiger partial charge in [0.05, 0.1) is 17.3 Å². The van der Waals surface area contributed by atoms with Crippen LogP contribution in [-0.2, 0) is 6.18 Å². The predicted octanol–water partition coefficient (Wildman–Crippen LogP) is 3.87. The van der Waals surface area contributed by atoms with Crippen LogP contribution in [0.15, 0.2) is 24.4 Å². The number of halogens is 5. The maximum Gasteiger partial charge on any atom is 0.433 e. The van der Waals surface area contributed by atoms with Gasteiger partial charge in [0.2, 0.25) is 0 Å². The van der Waals surface area contributed by atoms with Crippen molar-refractivity contribution in [2.24, 2.45) is 0 Å². The van der Waals surface area contributed by atoms with Gasteiger partial charge in [-0.2, -0.15) is 18.3 Å². The summed E-state index contributed by atoms with van der Waals surface area (Å²) in [7, 11) is 0. The molecule has 162 valence electrons. The molecule has 30 heavy (non-hydrogen) atoms. The number of hydrogen-bond donors (Lipinski definition) is 0. The number of aromatic nitrogens is 2. The molecule has 0 unspecified atom stereocenters. The van der Waals surface area contributed by atoms with Crippen LogP contribution in [-0.4, -0.2) is 57.6 Å². The van der Waals surface area contributed by atoms with E-state index < -0.39 is 41.1 Å². The van der Waals surface area contributed by atoms with E-state index in [1.807, 2.05) is 0 Å². The van der Waals surface area contributed by atoms with Crippen LogP contribution in [0.1, 0.15) is 46.3 Å². The Balaban J connectivity index is 1.75. The van der Waals surface area contributed by atoms with Gasteiger partial charge in [-0.05, 0) is 32.0 Å². The summed E-state index contributed by atoms with van der Waals surface area (Å²) in [6.07, 6.45) is -3.82. The van der Waals surface area contributed by atoms with Crippen molar-refractivity contribution in [2.75, 3.05) is 26.2 Å². The minimum Gasteiger partial charge on any atom is -0.335 e. The fourth-order valence-electron chi connectivity index (χ4n) is 3.31. The Bertz CT molecular complexity index is 966. The molecule has 1 aromatic heterocycles. The Morgan fingerprint density at radius 1 is 1.03 bits per heavy atom. The molecule has 0 bridgehead atoms. The summed E-state index contributed by atoms with van der Waals surface area (Å²) in [5.41, 5.74) is -1.82. The number of hydrogen-bond acceptors (Lipinski definition) is 3. The smallest absolute Gasteiger partial charge is 0.335 e. The summed E-state index contributed by atoms with van der Waals surface area (Å²) in [5, 5.41) is 3.93. The molecule has 1 fully saturated rings. The lowest BCUT2D eigenvalue weighted by molar-refractivity contribution is -0.145. The first kappa shape index (κ1) is 22.1. The second-order valence-electron chi connectivity index (χ2n) is 7.15. The number of rotatable bonds is 3. The van der Waals surface area contributed by atoms with Crippen molar-refractivity contribution in [3.05, 3.63) is 52.1 Å². The highest BCUT2D eigenvalue weighted by Crippen LogP contribution is 2.34. The van der Waals surface area contributed by atoms with Gasteiger partial charge in [-0.25, -0.2) is 4.39 Å². The Morgan fingerprint density at radius 2 is 1.57 bits per heavy atom. The van der Waals surface area contributed by atoms with Crippen LogP contribution in [0.5, 0.6) is 0 Å². The van der Waals surface area contributed by atoms with E-state index in [0.29, 0.717) is 0 Å². The third kappa shape index (κ3) is 4.28. The third-order valence-electron chi connectivity index (χ3n) is 4.80. The second-order valence-corrected chi connectivity index (χ2v) is 7.59. The second kappa shape index (κ2) is 8.25. The number of alkyl halides is 3. The molecular formula is C19H19ClF4N4O2. The van der Waals surface area contributed by atoms with E-state index >= 15 is 0 Å². The van der Waals surface area contributed by atoms with Crippen LogP contribution >= 0.6 is 11.6 Å².